The van der Waals surface area contributed by atoms with E-state index < -0.39 is 0 Å². The zero-order valence-corrected chi connectivity index (χ0v) is 17.1. The van der Waals surface area contributed by atoms with Gasteiger partial charge >= 0.3 is 0 Å². The lowest BCUT2D eigenvalue weighted by Gasteiger charge is -2.42. The zero-order valence-electron chi connectivity index (χ0n) is 17.1. The highest BCUT2D eigenvalue weighted by Gasteiger charge is 2.44. The molecule has 0 radical (unpaired) electrons. The van der Waals surface area contributed by atoms with Crippen LogP contribution in [0.15, 0.2) is 30.3 Å². The number of hydrogen-bond acceptors (Lipinski definition) is 3. The fourth-order valence-electron chi connectivity index (χ4n) is 4.68. The van der Waals surface area contributed by atoms with Crippen molar-refractivity contribution in [3.8, 4) is 0 Å². The molecule has 1 aromatic rings. The second-order valence-corrected chi connectivity index (χ2v) is 8.95. The molecule has 1 heterocycles. The number of hydrogen-bond donors (Lipinski definition) is 1. The first-order valence-electron chi connectivity index (χ1n) is 10.6. The maximum absolute atomic E-state index is 12.7. The zero-order chi connectivity index (χ0) is 20.1. The third-order valence-corrected chi connectivity index (χ3v) is 6.11. The Balaban J connectivity index is 1.63. The third-order valence-electron chi connectivity index (χ3n) is 6.11. The topological polar surface area (TPSA) is 66.5 Å². The van der Waals surface area contributed by atoms with E-state index in [1.165, 1.54) is 11.3 Å². The first kappa shape index (κ1) is 20.6. The molecule has 1 N–H and O–H groups in total. The number of carbonyl (C=O) groups excluding carboxylic acids is 3. The van der Waals surface area contributed by atoms with Crippen molar-refractivity contribution in [3.05, 3.63) is 35.9 Å². The van der Waals surface area contributed by atoms with Crippen molar-refractivity contribution in [1.29, 1.82) is 0 Å². The molecular weight excluding hydrogens is 352 g/mol. The third kappa shape index (κ3) is 5.00. The number of benzene rings is 1. The van der Waals surface area contributed by atoms with Crippen molar-refractivity contribution in [1.82, 2.24) is 10.2 Å². The Labute approximate surface area is 167 Å². The van der Waals surface area contributed by atoms with Crippen LogP contribution in [0.3, 0.4) is 0 Å². The Morgan fingerprint density at radius 3 is 2.21 bits per heavy atom. The van der Waals surface area contributed by atoms with Gasteiger partial charge in [-0.2, -0.15) is 0 Å². The summed E-state index contributed by atoms with van der Waals surface area (Å²) < 4.78 is 0. The van der Waals surface area contributed by atoms with E-state index in [4.69, 9.17) is 0 Å². The quantitative estimate of drug-likeness (QED) is 0.754. The first-order chi connectivity index (χ1) is 13.4. The normalized spacial score (nSPS) is 20.5. The maximum Gasteiger partial charge on any atom is 0.240 e. The van der Waals surface area contributed by atoms with Crippen LogP contribution in [0.4, 0.5) is 0 Å². The van der Waals surface area contributed by atoms with Crippen molar-refractivity contribution in [3.63, 3.8) is 0 Å². The predicted molar refractivity (Wildman–Crippen MR) is 108 cm³/mol. The molecule has 2 aliphatic rings. The molecule has 1 saturated heterocycles. The molecule has 1 atom stereocenters. The molecule has 5 nitrogen and oxygen atoms in total. The molecule has 152 valence electrons. The fraction of sp³-hybridized carbons (Fsp3) is 0.609. The summed E-state index contributed by atoms with van der Waals surface area (Å²) in [4.78, 5) is 39.2. The number of piperidine rings is 1. The minimum absolute atomic E-state index is 0.117. The van der Waals surface area contributed by atoms with Crippen molar-refractivity contribution >= 4 is 17.7 Å². The minimum Gasteiger partial charge on any atom is -0.348 e. The highest BCUT2D eigenvalue weighted by molar-refractivity contribution is 6.01. The Kier molecular flexibility index (Phi) is 6.53. The lowest BCUT2D eigenvalue weighted by molar-refractivity contribution is -0.157. The van der Waals surface area contributed by atoms with Crippen molar-refractivity contribution in [2.45, 2.75) is 71.3 Å². The van der Waals surface area contributed by atoms with Crippen LogP contribution in [0.1, 0.15) is 76.8 Å². The molecule has 2 fully saturated rings. The van der Waals surface area contributed by atoms with Gasteiger partial charge in [-0.25, -0.2) is 0 Å². The number of rotatable bonds is 6. The van der Waals surface area contributed by atoms with E-state index in [0.29, 0.717) is 18.8 Å². The molecule has 0 aromatic heterocycles. The molecule has 3 amide bonds. The number of likely N-dealkylation sites (tertiary alicyclic amines) is 1. The number of amides is 3. The second kappa shape index (κ2) is 8.89. The van der Waals surface area contributed by atoms with Gasteiger partial charge in [0.05, 0.1) is 6.04 Å². The van der Waals surface area contributed by atoms with E-state index in [-0.39, 0.29) is 35.7 Å². The largest absolute Gasteiger partial charge is 0.348 e. The Morgan fingerprint density at radius 1 is 1.04 bits per heavy atom. The van der Waals surface area contributed by atoms with Crippen LogP contribution in [0.25, 0.3) is 0 Å². The molecule has 28 heavy (non-hydrogen) atoms. The summed E-state index contributed by atoms with van der Waals surface area (Å²) in [5.74, 6) is -0.229. The molecule has 5 heteroatoms. The fourth-order valence-corrected chi connectivity index (χ4v) is 4.68. The SMILES string of the molecule is CC(C)CC(NC(=O)CN1C(=O)CC2(CCCCC2)CC1=O)c1ccccc1. The van der Waals surface area contributed by atoms with Crippen LogP contribution >= 0.6 is 0 Å². The van der Waals surface area contributed by atoms with Crippen LogP contribution in [0.2, 0.25) is 0 Å². The molecule has 1 aromatic carbocycles. The van der Waals surface area contributed by atoms with Crippen LogP contribution in [-0.2, 0) is 14.4 Å². The summed E-state index contributed by atoms with van der Waals surface area (Å²) >= 11 is 0. The van der Waals surface area contributed by atoms with Gasteiger partial charge in [-0.15, -0.1) is 0 Å². The molecule has 1 spiro atoms. The predicted octanol–water partition coefficient (Wildman–Crippen LogP) is 3.99. The molecule has 1 saturated carbocycles. The average Bonchev–Trinajstić information content (AvgIpc) is 2.65. The van der Waals surface area contributed by atoms with E-state index in [1.807, 2.05) is 30.3 Å². The summed E-state index contributed by atoms with van der Waals surface area (Å²) in [5.41, 5.74) is 0.894. The Bertz CT molecular complexity index is 688. The van der Waals surface area contributed by atoms with Crippen LogP contribution < -0.4 is 5.32 Å². The number of nitrogens with zero attached hydrogens (tertiary/aromatic N) is 1. The van der Waals surface area contributed by atoms with Crippen molar-refractivity contribution in [2.24, 2.45) is 11.3 Å². The number of nitrogens with one attached hydrogen (secondary N) is 1. The second-order valence-electron chi connectivity index (χ2n) is 8.95. The van der Waals surface area contributed by atoms with Crippen LogP contribution in [-0.4, -0.2) is 29.2 Å². The van der Waals surface area contributed by atoms with Gasteiger partial charge in [0.15, 0.2) is 0 Å². The molecule has 1 unspecified atom stereocenters. The van der Waals surface area contributed by atoms with E-state index in [1.54, 1.807) is 0 Å². The molecule has 0 bridgehead atoms. The monoisotopic (exact) mass is 384 g/mol. The van der Waals surface area contributed by atoms with Gasteiger partial charge in [0, 0.05) is 12.8 Å². The standard InChI is InChI=1S/C23H32N2O3/c1-17(2)13-19(18-9-5-3-6-10-18)24-20(26)16-25-21(27)14-23(15-22(25)28)11-7-4-8-12-23/h3,5-6,9-10,17,19H,4,7-8,11-16H2,1-2H3,(H,24,26). The summed E-state index contributed by atoms with van der Waals surface area (Å²) in [5, 5.41) is 3.04. The van der Waals surface area contributed by atoms with E-state index in [2.05, 4.69) is 19.2 Å². The van der Waals surface area contributed by atoms with Gasteiger partial charge in [-0.3, -0.25) is 19.3 Å². The lowest BCUT2D eigenvalue weighted by Crippen LogP contribution is -2.52. The summed E-state index contributed by atoms with van der Waals surface area (Å²) in [6.45, 7) is 4.06. The Morgan fingerprint density at radius 2 is 1.64 bits per heavy atom. The van der Waals surface area contributed by atoms with Gasteiger partial charge < -0.3 is 5.32 Å². The van der Waals surface area contributed by atoms with Gasteiger partial charge in [-0.05, 0) is 36.2 Å². The maximum atomic E-state index is 12.7. The summed E-state index contributed by atoms with van der Waals surface area (Å²) in [6.07, 6.45) is 6.89. The van der Waals surface area contributed by atoms with Crippen molar-refractivity contribution < 1.29 is 14.4 Å². The minimum atomic E-state index is -0.268. The van der Waals surface area contributed by atoms with E-state index in [9.17, 15) is 14.4 Å². The van der Waals surface area contributed by atoms with E-state index in [0.717, 1.165) is 37.7 Å². The van der Waals surface area contributed by atoms with E-state index >= 15 is 0 Å². The van der Waals surface area contributed by atoms with Gasteiger partial charge in [-0.1, -0.05) is 63.4 Å². The van der Waals surface area contributed by atoms with Gasteiger partial charge in [0.1, 0.15) is 6.54 Å². The van der Waals surface area contributed by atoms with Gasteiger partial charge in [0.2, 0.25) is 17.7 Å². The lowest BCUT2D eigenvalue weighted by atomic mass is 9.67. The average molecular weight is 385 g/mol. The molecular formula is C23H32N2O3. The van der Waals surface area contributed by atoms with Crippen LogP contribution in [0, 0.1) is 11.3 Å². The smallest absolute Gasteiger partial charge is 0.240 e. The highest BCUT2D eigenvalue weighted by atomic mass is 16.2. The van der Waals surface area contributed by atoms with Gasteiger partial charge in [0.25, 0.3) is 0 Å². The summed E-state index contributed by atoms with van der Waals surface area (Å²) in [7, 11) is 0. The van der Waals surface area contributed by atoms with Crippen LogP contribution in [0.5, 0.6) is 0 Å². The number of carbonyl (C=O) groups is 3. The van der Waals surface area contributed by atoms with Crippen molar-refractivity contribution in [2.75, 3.05) is 6.54 Å². The molecule has 3 rings (SSSR count). The summed E-state index contributed by atoms with van der Waals surface area (Å²) in [6, 6.07) is 9.73. The Hall–Kier alpha value is -2.17. The molecule has 1 aliphatic carbocycles. The highest BCUT2D eigenvalue weighted by Crippen LogP contribution is 2.45. The number of imide groups is 1. The first-order valence-corrected chi connectivity index (χ1v) is 10.6. The molecule has 1 aliphatic heterocycles.